The largest absolute Gasteiger partial charge is 0.355 e. The second-order valence-electron chi connectivity index (χ2n) is 26.6. The summed E-state index contributed by atoms with van der Waals surface area (Å²) in [7, 11) is 0. The molecule has 0 saturated carbocycles. The number of H-pyrrole nitrogens is 1. The van der Waals surface area contributed by atoms with Crippen LogP contribution in [0.15, 0.2) is 364 Å². The molecule has 0 fully saturated rings. The predicted octanol–water partition coefficient (Wildman–Crippen LogP) is 25.5. The zero-order valence-electron chi connectivity index (χ0n) is 56.6. The Kier molecular flexibility index (Phi) is 14.8. The van der Waals surface area contributed by atoms with Crippen molar-refractivity contribution < 1.29 is 0 Å². The number of nitrogens with zero attached hydrogens (tertiary/aromatic N) is 7. The van der Waals surface area contributed by atoms with Crippen molar-refractivity contribution >= 4 is 142 Å². The molecule has 105 heavy (non-hydrogen) atoms. The molecule has 0 saturated heterocycles. The normalized spacial score (nSPS) is 11.7. The zero-order valence-corrected chi connectivity index (χ0v) is 57.4. The highest BCUT2D eigenvalue weighted by atomic mass is 35.5. The van der Waals surface area contributed by atoms with E-state index in [0.29, 0.717) is 5.95 Å². The maximum atomic E-state index is 5.95. The molecule has 0 spiro atoms. The van der Waals surface area contributed by atoms with Crippen molar-refractivity contribution in [1.82, 2.24) is 38.6 Å². The fraction of sp³-hybridized carbons (Fsp3) is 0. The average Bonchev–Trinajstić information content (AvgIpc) is 1.55. The third kappa shape index (κ3) is 10.4. The van der Waals surface area contributed by atoms with Gasteiger partial charge in [-0.2, -0.15) is 0 Å². The van der Waals surface area contributed by atoms with E-state index in [2.05, 4.69) is 326 Å². The average molecular weight is 1360 g/mol. The molecule has 0 atom stereocenters. The second-order valence-corrected chi connectivity index (χ2v) is 26.9. The van der Waals surface area contributed by atoms with Gasteiger partial charge in [-0.25, -0.2) is 19.9 Å². The standard InChI is InChI=1S/C48H30N4.C34H22N2.C14H9ClN2/c1-3-15-31(16-4-1)46-38-23-9-12-24-42(38)49-48(50-46)52-44-26-14-10-20-35(44)40-29-32(27-28-45(40)52)39-30-41-36-21-11-13-25-43(36)51(33-17-5-2-6-18-33)47(41)37-22-8-7-19-34(37)39;1-2-10-23(11-3-1)36-33-17-9-7-14-26(33)30-21-28(24-12-4-5-15-27(24)34(30)36)22-18-19-32-29(20-22)25-13-6-8-16-31(25)35-32;15-14-16-12-9-5-4-8-11(12)13(17-14)10-6-2-1-3-7-10/h1-30H;1-21,35H;1-9H. The van der Waals surface area contributed by atoms with E-state index in [4.69, 9.17) is 21.6 Å². The summed E-state index contributed by atoms with van der Waals surface area (Å²) in [6.45, 7) is 0. The zero-order chi connectivity index (χ0) is 69.5. The van der Waals surface area contributed by atoms with Gasteiger partial charge in [-0.1, -0.05) is 267 Å². The summed E-state index contributed by atoms with van der Waals surface area (Å²) in [4.78, 5) is 22.5. The molecule has 0 aliphatic heterocycles. The van der Waals surface area contributed by atoms with E-state index in [1.807, 2.05) is 66.7 Å². The number of para-hydroxylation sites is 8. The van der Waals surface area contributed by atoms with Crippen LogP contribution in [-0.4, -0.2) is 38.6 Å². The number of rotatable bonds is 7. The quantitative estimate of drug-likeness (QED) is 0.161. The van der Waals surface area contributed by atoms with Crippen molar-refractivity contribution in [2.75, 3.05) is 0 Å². The number of fused-ring (bicyclic) bond motifs is 18. The maximum Gasteiger partial charge on any atom is 0.235 e. The van der Waals surface area contributed by atoms with Crippen LogP contribution in [0.25, 0.3) is 193 Å². The Morgan fingerprint density at radius 1 is 0.229 bits per heavy atom. The molecule has 6 heterocycles. The van der Waals surface area contributed by atoms with Crippen LogP contribution in [0.4, 0.5) is 0 Å². The number of benzene rings is 16. The van der Waals surface area contributed by atoms with Crippen molar-refractivity contribution in [2.24, 2.45) is 0 Å². The summed E-state index contributed by atoms with van der Waals surface area (Å²) in [5, 5.41) is 17.2. The van der Waals surface area contributed by atoms with Crippen molar-refractivity contribution in [3.8, 4) is 62.1 Å². The molecular formula is C96H61ClN8. The first kappa shape index (κ1) is 61.1. The van der Waals surface area contributed by atoms with E-state index in [9.17, 15) is 0 Å². The molecule has 492 valence electrons. The minimum atomic E-state index is 0.280. The molecule has 0 amide bonds. The number of nitrogens with one attached hydrogen (secondary N) is 1. The molecule has 0 radical (unpaired) electrons. The van der Waals surface area contributed by atoms with Crippen LogP contribution in [0.1, 0.15) is 0 Å². The minimum Gasteiger partial charge on any atom is -0.355 e. The first-order valence-corrected chi connectivity index (χ1v) is 35.8. The van der Waals surface area contributed by atoms with E-state index >= 15 is 0 Å². The first-order valence-electron chi connectivity index (χ1n) is 35.4. The van der Waals surface area contributed by atoms with Crippen molar-refractivity contribution in [3.05, 3.63) is 369 Å². The third-order valence-electron chi connectivity index (χ3n) is 20.6. The fourth-order valence-electron chi connectivity index (χ4n) is 16.0. The Morgan fingerprint density at radius 3 is 1.13 bits per heavy atom. The van der Waals surface area contributed by atoms with Gasteiger partial charge in [0.2, 0.25) is 11.2 Å². The topological polar surface area (TPSA) is 82.1 Å². The Balaban J connectivity index is 0.000000119. The van der Waals surface area contributed by atoms with E-state index in [-0.39, 0.29) is 5.28 Å². The van der Waals surface area contributed by atoms with Gasteiger partial charge < -0.3 is 14.1 Å². The molecule has 22 aromatic rings. The number of hydrogen-bond donors (Lipinski definition) is 1. The molecule has 8 nitrogen and oxygen atoms in total. The van der Waals surface area contributed by atoms with Crippen LogP contribution < -0.4 is 0 Å². The van der Waals surface area contributed by atoms with Gasteiger partial charge in [-0.3, -0.25) is 4.57 Å². The van der Waals surface area contributed by atoms with Crippen LogP contribution in [0.2, 0.25) is 5.28 Å². The smallest absolute Gasteiger partial charge is 0.235 e. The van der Waals surface area contributed by atoms with Crippen LogP contribution in [0, 0.1) is 0 Å². The van der Waals surface area contributed by atoms with Gasteiger partial charge in [0.05, 0.1) is 55.5 Å². The maximum absolute atomic E-state index is 5.95. The summed E-state index contributed by atoms with van der Waals surface area (Å²) in [6.07, 6.45) is 0. The van der Waals surface area contributed by atoms with Gasteiger partial charge in [0.25, 0.3) is 0 Å². The minimum absolute atomic E-state index is 0.280. The van der Waals surface area contributed by atoms with E-state index in [0.717, 1.165) is 61.0 Å². The highest BCUT2D eigenvalue weighted by Gasteiger charge is 2.23. The SMILES string of the molecule is Clc1nc(-c2ccccc2)c2ccccc2n1.c1ccc(-c2nc(-n3c4ccccc4c4cc(-c5cc6c7ccccc7n(-c7ccccc7)c6c6ccccc56)ccc43)nc3ccccc23)cc1.c1ccc(-n2c3ccccc3c3cc(-c4ccc5[nH]c6ccccc6c5c4)c4ccccc4c32)cc1. The van der Waals surface area contributed by atoms with E-state index in [1.165, 1.54) is 126 Å². The van der Waals surface area contributed by atoms with E-state index in [1.54, 1.807) is 0 Å². The molecule has 0 unspecified atom stereocenters. The number of hydrogen-bond acceptors (Lipinski definition) is 4. The molecule has 6 aromatic heterocycles. The van der Waals surface area contributed by atoms with Crippen LogP contribution >= 0.6 is 11.6 Å². The lowest BCUT2D eigenvalue weighted by Crippen LogP contribution is -2.03. The number of aromatic amines is 1. The summed E-state index contributed by atoms with van der Waals surface area (Å²) in [5.74, 6) is 0.664. The van der Waals surface area contributed by atoms with Gasteiger partial charge in [0, 0.05) is 98.2 Å². The highest BCUT2D eigenvalue weighted by Crippen LogP contribution is 2.46. The Labute approximate surface area is 608 Å². The van der Waals surface area contributed by atoms with Gasteiger partial charge in [0.15, 0.2) is 0 Å². The number of aromatic nitrogens is 8. The molecule has 22 rings (SSSR count). The number of halogens is 1. The molecule has 1 N–H and O–H groups in total. The summed E-state index contributed by atoms with van der Waals surface area (Å²) in [6, 6.07) is 129. The van der Waals surface area contributed by atoms with Crippen LogP contribution in [-0.2, 0) is 0 Å². The second kappa shape index (κ2) is 25.4. The monoisotopic (exact) mass is 1360 g/mol. The van der Waals surface area contributed by atoms with Gasteiger partial charge >= 0.3 is 0 Å². The van der Waals surface area contributed by atoms with Crippen molar-refractivity contribution in [1.29, 1.82) is 0 Å². The predicted molar refractivity (Wildman–Crippen MR) is 440 cm³/mol. The van der Waals surface area contributed by atoms with Crippen LogP contribution in [0.3, 0.4) is 0 Å². The van der Waals surface area contributed by atoms with Gasteiger partial charge in [-0.15, -0.1) is 0 Å². The van der Waals surface area contributed by atoms with Crippen molar-refractivity contribution in [2.45, 2.75) is 0 Å². The Hall–Kier alpha value is -13.8. The van der Waals surface area contributed by atoms with Gasteiger partial charge in [-0.05, 0) is 142 Å². The molecular weight excluding hydrogens is 1300 g/mol. The first-order chi connectivity index (χ1) is 52.0. The lowest BCUT2D eigenvalue weighted by Gasteiger charge is -2.13. The van der Waals surface area contributed by atoms with Crippen molar-refractivity contribution in [3.63, 3.8) is 0 Å². The highest BCUT2D eigenvalue weighted by molar-refractivity contribution is 6.29. The summed E-state index contributed by atoms with van der Waals surface area (Å²) < 4.78 is 7.06. The molecule has 16 aromatic carbocycles. The summed E-state index contributed by atoms with van der Waals surface area (Å²) in [5.41, 5.74) is 22.4. The summed E-state index contributed by atoms with van der Waals surface area (Å²) >= 11 is 5.95. The third-order valence-corrected chi connectivity index (χ3v) is 20.8. The van der Waals surface area contributed by atoms with Crippen LogP contribution in [0.5, 0.6) is 0 Å². The van der Waals surface area contributed by atoms with Gasteiger partial charge in [0.1, 0.15) is 0 Å². The van der Waals surface area contributed by atoms with E-state index < -0.39 is 0 Å². The fourth-order valence-corrected chi connectivity index (χ4v) is 16.2. The molecule has 0 aliphatic rings. The Bertz CT molecular complexity index is 7160. The molecule has 0 bridgehead atoms. The Morgan fingerprint density at radius 2 is 0.600 bits per heavy atom. The molecule has 0 aliphatic carbocycles. The lowest BCUT2D eigenvalue weighted by atomic mass is 9.94. The lowest BCUT2D eigenvalue weighted by molar-refractivity contribution is 1.01. The molecule has 9 heteroatoms.